The molecule has 0 fully saturated rings. The lowest BCUT2D eigenvalue weighted by atomic mass is 10.0. The molecular weight excluding hydrogens is 977 g/mol. The molecule has 8 rings (SSSR count). The van der Waals surface area contributed by atoms with E-state index in [2.05, 4.69) is 131 Å². The summed E-state index contributed by atoms with van der Waals surface area (Å²) in [4.78, 5) is 6.45. The van der Waals surface area contributed by atoms with Crippen molar-refractivity contribution >= 4 is 147 Å². The minimum absolute atomic E-state index is 1.29. The van der Waals surface area contributed by atoms with E-state index in [-0.39, 0.29) is 0 Å². The van der Waals surface area contributed by atoms with Crippen LogP contribution in [-0.2, 0) is 25.7 Å². The zero-order valence-corrected chi connectivity index (χ0v) is 49.4. The van der Waals surface area contributed by atoms with Crippen molar-refractivity contribution in [2.24, 2.45) is 0 Å². The minimum atomic E-state index is 1.29. The molecule has 0 nitrogen and oxygen atoms in total. The quantitative estimate of drug-likeness (QED) is 0.0341. The number of fused-ring (bicyclic) bond motifs is 10. The van der Waals surface area contributed by atoms with E-state index in [0.29, 0.717) is 0 Å². The molecule has 8 heteroatoms. The fourth-order valence-electron chi connectivity index (χ4n) is 10.8. The molecule has 8 heterocycles. The molecule has 8 aromatic rings. The van der Waals surface area contributed by atoms with E-state index in [9.17, 15) is 0 Å². The topological polar surface area (TPSA) is 0 Å². The number of aryl methyl sites for hydroxylation is 4. The first-order chi connectivity index (χ1) is 33.6. The molecule has 0 aliphatic carbocycles. The highest BCUT2D eigenvalue weighted by molar-refractivity contribution is 7.47. The fraction of sp³-hybridized carbons (Fsp3) is 0.667. The molecule has 0 radical (unpaired) electrons. The van der Waals surface area contributed by atoms with E-state index in [0.717, 1.165) is 0 Å². The Morgan fingerprint density at radius 3 is 0.824 bits per heavy atom. The Bertz CT molecular complexity index is 2490. The molecule has 68 heavy (non-hydrogen) atoms. The molecule has 374 valence electrons. The van der Waals surface area contributed by atoms with E-state index < -0.39 is 0 Å². The van der Waals surface area contributed by atoms with Gasteiger partial charge in [-0.1, -0.05) is 207 Å². The number of hydrogen-bond acceptors (Lipinski definition) is 8. The van der Waals surface area contributed by atoms with Gasteiger partial charge < -0.3 is 0 Å². The second-order valence-electron chi connectivity index (χ2n) is 20.6. The van der Waals surface area contributed by atoms with Gasteiger partial charge in [-0.15, -0.1) is 90.7 Å². The maximum Gasteiger partial charge on any atom is 0.0651 e. The zero-order valence-electron chi connectivity index (χ0n) is 42.9. The Labute approximate surface area is 444 Å². The molecule has 0 amide bonds. The van der Waals surface area contributed by atoms with Crippen LogP contribution in [0.5, 0.6) is 0 Å². The molecule has 0 atom stereocenters. The first kappa shape index (κ1) is 53.5. The smallest absolute Gasteiger partial charge is 0.0651 e. The molecule has 8 aromatic heterocycles. The van der Waals surface area contributed by atoms with Gasteiger partial charge in [-0.2, -0.15) is 0 Å². The second kappa shape index (κ2) is 28.6. The highest BCUT2D eigenvalue weighted by Gasteiger charge is 2.24. The van der Waals surface area contributed by atoms with Gasteiger partial charge in [-0.25, -0.2) is 0 Å². The fourth-order valence-corrected chi connectivity index (χ4v) is 22.9. The van der Waals surface area contributed by atoms with Gasteiger partial charge in [0.15, 0.2) is 0 Å². The van der Waals surface area contributed by atoms with Gasteiger partial charge in [0.25, 0.3) is 0 Å². The van der Waals surface area contributed by atoms with Gasteiger partial charge in [0, 0.05) is 28.9 Å². The minimum Gasteiger partial charge on any atom is -0.138 e. The Balaban J connectivity index is 0.982. The molecule has 0 bridgehead atoms. The summed E-state index contributed by atoms with van der Waals surface area (Å²) in [6.07, 6.45) is 50.1. The molecule has 0 unspecified atom stereocenters. The van der Waals surface area contributed by atoms with Crippen LogP contribution in [-0.4, -0.2) is 0 Å². The van der Waals surface area contributed by atoms with Crippen molar-refractivity contribution in [2.45, 2.75) is 259 Å². The molecule has 0 aliphatic rings. The van der Waals surface area contributed by atoms with Crippen molar-refractivity contribution in [1.82, 2.24) is 0 Å². The third-order valence-corrected chi connectivity index (χ3v) is 26.1. The van der Waals surface area contributed by atoms with Gasteiger partial charge in [0.05, 0.1) is 47.0 Å². The van der Waals surface area contributed by atoms with Crippen molar-refractivity contribution in [3.8, 4) is 9.75 Å². The van der Waals surface area contributed by atoms with E-state index in [1.54, 1.807) is 67.9 Å². The lowest BCUT2D eigenvalue weighted by Crippen LogP contribution is -1.91. The van der Waals surface area contributed by atoms with Gasteiger partial charge >= 0.3 is 0 Å². The SMILES string of the molecule is CCCCCCCCCCc1sc2c(sc3c4sc(-c5cc6sc7c8sc(CCCCCCCCCC)c(CCCCCCCCCC)c8sc7c6s5)cc4sc23)c1CCCCCCCCCC. The maximum atomic E-state index is 2.57. The Morgan fingerprint density at radius 2 is 0.500 bits per heavy atom. The predicted octanol–water partition coefficient (Wildman–Crippen LogP) is 25.5. The number of rotatable bonds is 37. The predicted molar refractivity (Wildman–Crippen MR) is 325 cm³/mol. The first-order valence-electron chi connectivity index (χ1n) is 28.4. The van der Waals surface area contributed by atoms with Gasteiger partial charge in [-0.3, -0.25) is 0 Å². The average Bonchev–Trinajstić information content (AvgIpc) is 4.22. The number of thiophene rings is 8. The molecule has 0 aliphatic heterocycles. The molecule has 0 N–H and O–H groups in total. The first-order valence-corrected chi connectivity index (χ1v) is 34.9. The van der Waals surface area contributed by atoms with Crippen LogP contribution in [0.15, 0.2) is 12.1 Å². The average molecular weight is 1060 g/mol. The maximum absolute atomic E-state index is 2.57. The van der Waals surface area contributed by atoms with Crippen molar-refractivity contribution in [3.05, 3.63) is 33.0 Å². The summed E-state index contributed by atoms with van der Waals surface area (Å²) < 4.78 is 19.1. The van der Waals surface area contributed by atoms with Crippen molar-refractivity contribution in [3.63, 3.8) is 0 Å². The van der Waals surface area contributed by atoms with E-state index in [4.69, 9.17) is 0 Å². The molecule has 0 aromatic carbocycles. The summed E-state index contributed by atoms with van der Waals surface area (Å²) in [6.45, 7) is 9.32. The Kier molecular flexibility index (Phi) is 22.5. The largest absolute Gasteiger partial charge is 0.138 e. The third-order valence-electron chi connectivity index (χ3n) is 14.9. The molecule has 0 spiro atoms. The van der Waals surface area contributed by atoms with Crippen LogP contribution < -0.4 is 0 Å². The lowest BCUT2D eigenvalue weighted by Gasteiger charge is -2.06. The summed E-state index contributed by atoms with van der Waals surface area (Å²) >= 11 is 17.1. The lowest BCUT2D eigenvalue weighted by molar-refractivity contribution is 0.572. The van der Waals surface area contributed by atoms with Crippen LogP contribution in [0.1, 0.15) is 254 Å². The summed E-state index contributed by atoms with van der Waals surface area (Å²) in [5, 5.41) is 0. The second-order valence-corrected chi connectivity index (χ2v) is 29.0. The highest BCUT2D eigenvalue weighted by atomic mass is 32.1. The zero-order chi connectivity index (χ0) is 46.9. The van der Waals surface area contributed by atoms with Gasteiger partial charge in [-0.05, 0) is 74.6 Å². The van der Waals surface area contributed by atoms with Gasteiger partial charge in [0.2, 0.25) is 0 Å². The van der Waals surface area contributed by atoms with E-state index in [1.165, 1.54) is 250 Å². The normalized spacial score (nSPS) is 12.5. The standard InChI is InChI=1S/C60H86S8/c1-5-9-13-17-21-25-29-33-37-43-45(39-35-31-27-23-19-15-11-7-3)61-55-51(43)67-57-53-49(65-59(55)57)41-47(63-53)48-42-50-54(64-48)58-60(66-50)56-52(68-58)44(38-34-30-26-22-18-14-10-6-2)46(62-56)40-36-32-28-24-20-16-12-8-4/h41-42H,5-40H2,1-4H3. The van der Waals surface area contributed by atoms with E-state index >= 15 is 0 Å². The Hall–Kier alpha value is -0.840. The van der Waals surface area contributed by atoms with Crippen LogP contribution >= 0.6 is 90.7 Å². The van der Waals surface area contributed by atoms with Crippen LogP contribution in [0.3, 0.4) is 0 Å². The summed E-state index contributed by atoms with van der Waals surface area (Å²) in [5.74, 6) is 0. The Morgan fingerprint density at radius 1 is 0.235 bits per heavy atom. The monoisotopic (exact) mass is 1060 g/mol. The third kappa shape index (κ3) is 13.9. The summed E-state index contributed by atoms with van der Waals surface area (Å²) in [6, 6.07) is 5.14. The van der Waals surface area contributed by atoms with Crippen LogP contribution in [0, 0.1) is 0 Å². The van der Waals surface area contributed by atoms with Crippen LogP contribution in [0.2, 0.25) is 0 Å². The highest BCUT2D eigenvalue weighted by Crippen LogP contribution is 2.56. The van der Waals surface area contributed by atoms with Crippen molar-refractivity contribution in [2.75, 3.05) is 0 Å². The van der Waals surface area contributed by atoms with Crippen molar-refractivity contribution in [1.29, 1.82) is 0 Å². The summed E-state index contributed by atoms with van der Waals surface area (Å²) in [5.41, 5.74) is 3.49. The molecule has 0 saturated heterocycles. The van der Waals surface area contributed by atoms with Crippen LogP contribution in [0.4, 0.5) is 0 Å². The van der Waals surface area contributed by atoms with Gasteiger partial charge in [0.1, 0.15) is 0 Å². The molecule has 0 saturated carbocycles. The van der Waals surface area contributed by atoms with E-state index in [1.807, 2.05) is 0 Å². The number of hydrogen-bond donors (Lipinski definition) is 0. The summed E-state index contributed by atoms with van der Waals surface area (Å²) in [7, 11) is 0. The van der Waals surface area contributed by atoms with Crippen molar-refractivity contribution < 1.29 is 0 Å². The molecular formula is C60H86S8. The number of unbranched alkanes of at least 4 members (excludes halogenated alkanes) is 28. The van der Waals surface area contributed by atoms with Crippen LogP contribution in [0.25, 0.3) is 66.2 Å².